The van der Waals surface area contributed by atoms with Crippen molar-refractivity contribution in [2.24, 2.45) is 13.0 Å². The van der Waals surface area contributed by atoms with Gasteiger partial charge >= 0.3 is 6.09 Å². The van der Waals surface area contributed by atoms with Gasteiger partial charge in [-0.2, -0.15) is 5.10 Å². The van der Waals surface area contributed by atoms with Crippen molar-refractivity contribution in [3.05, 3.63) is 18.0 Å². The van der Waals surface area contributed by atoms with Gasteiger partial charge in [-0.1, -0.05) is 6.92 Å². The molecule has 0 aromatic carbocycles. The molecular formula is C17H30N4O2. The van der Waals surface area contributed by atoms with Crippen LogP contribution in [0.2, 0.25) is 0 Å². The number of hydrogen-bond acceptors (Lipinski definition) is 4. The summed E-state index contributed by atoms with van der Waals surface area (Å²) in [7, 11) is 1.97. The van der Waals surface area contributed by atoms with Gasteiger partial charge < -0.3 is 15.0 Å². The van der Waals surface area contributed by atoms with E-state index in [0.29, 0.717) is 5.92 Å². The van der Waals surface area contributed by atoms with Crippen LogP contribution in [-0.2, 0) is 11.8 Å². The van der Waals surface area contributed by atoms with E-state index < -0.39 is 5.60 Å². The van der Waals surface area contributed by atoms with E-state index in [4.69, 9.17) is 4.74 Å². The molecule has 0 spiro atoms. The van der Waals surface area contributed by atoms with Gasteiger partial charge in [0.25, 0.3) is 0 Å². The lowest BCUT2D eigenvalue weighted by atomic mass is 9.95. The topological polar surface area (TPSA) is 59.4 Å². The van der Waals surface area contributed by atoms with Gasteiger partial charge in [-0.25, -0.2) is 4.79 Å². The number of nitrogens with zero attached hydrogens (tertiary/aromatic N) is 3. The van der Waals surface area contributed by atoms with Gasteiger partial charge in [0, 0.05) is 26.3 Å². The normalized spacial score (nSPS) is 19.9. The Kier molecular flexibility index (Phi) is 5.68. The van der Waals surface area contributed by atoms with Gasteiger partial charge in [0.1, 0.15) is 5.60 Å². The first kappa shape index (κ1) is 17.8. The maximum atomic E-state index is 12.3. The number of carbonyl (C=O) groups excluding carboxylic acids is 1. The number of likely N-dealkylation sites (tertiary alicyclic amines) is 1. The van der Waals surface area contributed by atoms with Crippen molar-refractivity contribution in [3.8, 4) is 0 Å². The van der Waals surface area contributed by atoms with E-state index in [9.17, 15) is 4.79 Å². The molecule has 2 rings (SSSR count). The average Bonchev–Trinajstić information content (AvgIpc) is 3.08. The highest BCUT2D eigenvalue weighted by atomic mass is 16.6. The van der Waals surface area contributed by atoms with Crippen LogP contribution in [0.5, 0.6) is 0 Å². The Labute approximate surface area is 139 Å². The van der Waals surface area contributed by atoms with Crippen LogP contribution in [0.4, 0.5) is 4.79 Å². The van der Waals surface area contributed by atoms with Crippen LogP contribution in [0.25, 0.3) is 0 Å². The zero-order valence-electron chi connectivity index (χ0n) is 15.0. The van der Waals surface area contributed by atoms with Crippen molar-refractivity contribution in [2.75, 3.05) is 19.6 Å². The lowest BCUT2D eigenvalue weighted by molar-refractivity contribution is 0.0285. The summed E-state index contributed by atoms with van der Waals surface area (Å²) < 4.78 is 7.41. The van der Waals surface area contributed by atoms with Crippen molar-refractivity contribution in [1.29, 1.82) is 0 Å². The predicted octanol–water partition coefficient (Wildman–Crippen LogP) is 2.72. The number of amides is 1. The van der Waals surface area contributed by atoms with Crippen LogP contribution in [0.3, 0.4) is 0 Å². The first-order valence-electron chi connectivity index (χ1n) is 8.51. The summed E-state index contributed by atoms with van der Waals surface area (Å²) >= 11 is 0. The van der Waals surface area contributed by atoms with Crippen LogP contribution in [0, 0.1) is 5.92 Å². The molecule has 1 aliphatic rings. The molecule has 6 nitrogen and oxygen atoms in total. The molecule has 1 aliphatic heterocycles. The second-order valence-electron chi connectivity index (χ2n) is 7.29. The zero-order valence-corrected chi connectivity index (χ0v) is 15.0. The number of hydrogen-bond donors (Lipinski definition) is 1. The van der Waals surface area contributed by atoms with Gasteiger partial charge in [-0.05, 0) is 52.1 Å². The van der Waals surface area contributed by atoms with E-state index in [2.05, 4.69) is 23.4 Å². The smallest absolute Gasteiger partial charge is 0.410 e. The van der Waals surface area contributed by atoms with Crippen LogP contribution in [-0.4, -0.2) is 46.0 Å². The average molecular weight is 322 g/mol. The summed E-state index contributed by atoms with van der Waals surface area (Å²) in [5.74, 6) is 0.379. The first-order chi connectivity index (χ1) is 10.8. The SMILES string of the molecule is CCCNC(c1ccnn1C)C1CCN(C(=O)OC(C)(C)C)C1. The molecule has 2 heterocycles. The second kappa shape index (κ2) is 7.34. The number of ether oxygens (including phenoxy) is 1. The summed E-state index contributed by atoms with van der Waals surface area (Å²) in [6.45, 7) is 10.3. The van der Waals surface area contributed by atoms with Gasteiger partial charge in [0.15, 0.2) is 0 Å². The molecule has 23 heavy (non-hydrogen) atoms. The maximum Gasteiger partial charge on any atom is 0.410 e. The molecule has 2 unspecified atom stereocenters. The molecule has 0 saturated carbocycles. The van der Waals surface area contributed by atoms with Gasteiger partial charge in [-0.15, -0.1) is 0 Å². The predicted molar refractivity (Wildman–Crippen MR) is 90.2 cm³/mol. The van der Waals surface area contributed by atoms with Crippen LogP contribution < -0.4 is 5.32 Å². The minimum absolute atomic E-state index is 0.209. The molecule has 0 bridgehead atoms. The summed E-state index contributed by atoms with van der Waals surface area (Å²) in [4.78, 5) is 14.1. The largest absolute Gasteiger partial charge is 0.444 e. The highest BCUT2D eigenvalue weighted by molar-refractivity contribution is 5.68. The van der Waals surface area contributed by atoms with E-state index in [1.165, 1.54) is 5.69 Å². The summed E-state index contributed by atoms with van der Waals surface area (Å²) in [5, 5.41) is 7.91. The van der Waals surface area contributed by atoms with Gasteiger partial charge in [0.2, 0.25) is 0 Å². The summed E-state index contributed by atoms with van der Waals surface area (Å²) in [6, 6.07) is 2.28. The van der Waals surface area contributed by atoms with Crippen LogP contribution in [0.1, 0.15) is 52.3 Å². The molecule has 1 saturated heterocycles. The molecule has 1 amide bonds. The first-order valence-corrected chi connectivity index (χ1v) is 8.51. The summed E-state index contributed by atoms with van der Waals surface area (Å²) in [5.41, 5.74) is 0.728. The Balaban J connectivity index is 2.04. The third-order valence-corrected chi connectivity index (χ3v) is 4.14. The molecule has 0 radical (unpaired) electrons. The van der Waals surface area contributed by atoms with Crippen LogP contribution >= 0.6 is 0 Å². The highest BCUT2D eigenvalue weighted by Crippen LogP contribution is 2.30. The van der Waals surface area contributed by atoms with E-state index in [0.717, 1.165) is 32.5 Å². The Morgan fingerprint density at radius 3 is 2.83 bits per heavy atom. The molecule has 130 valence electrons. The second-order valence-corrected chi connectivity index (χ2v) is 7.29. The van der Waals surface area contributed by atoms with Crippen molar-refractivity contribution in [2.45, 2.75) is 52.2 Å². The number of rotatable bonds is 5. The lowest BCUT2D eigenvalue weighted by Crippen LogP contribution is -2.37. The van der Waals surface area contributed by atoms with Crippen molar-refractivity contribution in [1.82, 2.24) is 20.0 Å². The molecular weight excluding hydrogens is 292 g/mol. The number of nitrogens with one attached hydrogen (secondary N) is 1. The molecule has 1 N–H and O–H groups in total. The molecule has 1 aromatic heterocycles. The molecule has 6 heteroatoms. The fourth-order valence-corrected chi connectivity index (χ4v) is 3.05. The van der Waals surface area contributed by atoms with Crippen molar-refractivity contribution in [3.63, 3.8) is 0 Å². The van der Waals surface area contributed by atoms with E-state index >= 15 is 0 Å². The highest BCUT2D eigenvalue weighted by Gasteiger charge is 2.35. The maximum absolute atomic E-state index is 12.3. The third kappa shape index (κ3) is 4.70. The number of aromatic nitrogens is 2. The minimum Gasteiger partial charge on any atom is -0.444 e. The Morgan fingerprint density at radius 2 is 2.26 bits per heavy atom. The fraction of sp³-hybridized carbons (Fsp3) is 0.765. The standard InChI is InChI=1S/C17H30N4O2/c1-6-9-18-15(14-7-10-19-20(14)5)13-8-11-21(12-13)16(22)23-17(2,3)4/h7,10,13,15,18H,6,8-9,11-12H2,1-5H3. The van der Waals surface area contributed by atoms with Crippen molar-refractivity contribution >= 4 is 6.09 Å². The third-order valence-electron chi connectivity index (χ3n) is 4.14. The molecule has 1 fully saturated rings. The molecule has 1 aromatic rings. The minimum atomic E-state index is -0.447. The Bertz CT molecular complexity index is 521. The Morgan fingerprint density at radius 1 is 1.52 bits per heavy atom. The fourth-order valence-electron chi connectivity index (χ4n) is 3.05. The number of aryl methyl sites for hydroxylation is 1. The monoisotopic (exact) mass is 322 g/mol. The quantitative estimate of drug-likeness (QED) is 0.905. The number of carbonyl (C=O) groups is 1. The van der Waals surface area contributed by atoms with E-state index in [1.807, 2.05) is 43.6 Å². The molecule has 0 aliphatic carbocycles. The van der Waals surface area contributed by atoms with Gasteiger partial charge in [0.05, 0.1) is 11.7 Å². The van der Waals surface area contributed by atoms with Gasteiger partial charge in [-0.3, -0.25) is 4.68 Å². The zero-order chi connectivity index (χ0) is 17.0. The lowest BCUT2D eigenvalue weighted by Gasteiger charge is -2.27. The Hall–Kier alpha value is -1.56. The van der Waals surface area contributed by atoms with E-state index in [-0.39, 0.29) is 12.1 Å². The molecule has 2 atom stereocenters. The van der Waals surface area contributed by atoms with Crippen LogP contribution in [0.15, 0.2) is 12.3 Å². The van der Waals surface area contributed by atoms with Crippen molar-refractivity contribution < 1.29 is 9.53 Å². The van der Waals surface area contributed by atoms with E-state index in [1.54, 1.807) is 0 Å². The summed E-state index contributed by atoms with van der Waals surface area (Å²) in [6.07, 6.45) is 3.68.